The molecule has 1 heterocycles. The zero-order valence-electron chi connectivity index (χ0n) is 10.5. The quantitative estimate of drug-likeness (QED) is 0.766. The monoisotopic (exact) mass is 248 g/mol. The van der Waals surface area contributed by atoms with Crippen molar-refractivity contribution in [2.75, 3.05) is 12.3 Å². The van der Waals surface area contributed by atoms with E-state index in [1.54, 1.807) is 0 Å². The van der Waals surface area contributed by atoms with Gasteiger partial charge in [0.15, 0.2) is 0 Å². The van der Waals surface area contributed by atoms with Crippen LogP contribution in [-0.2, 0) is 10.0 Å². The molecule has 1 aliphatic heterocycles. The molecule has 2 N–H and O–H groups in total. The summed E-state index contributed by atoms with van der Waals surface area (Å²) in [5.74, 6) is 0.687. The van der Waals surface area contributed by atoms with Crippen molar-refractivity contribution in [3.05, 3.63) is 0 Å². The van der Waals surface area contributed by atoms with Crippen LogP contribution in [0.25, 0.3) is 0 Å². The Morgan fingerprint density at radius 2 is 2.12 bits per heavy atom. The van der Waals surface area contributed by atoms with Crippen LogP contribution in [0, 0.1) is 5.92 Å². The van der Waals surface area contributed by atoms with Gasteiger partial charge in [-0.05, 0) is 38.6 Å². The van der Waals surface area contributed by atoms with Crippen molar-refractivity contribution < 1.29 is 8.42 Å². The summed E-state index contributed by atoms with van der Waals surface area (Å²) < 4.78 is 26.4. The lowest BCUT2D eigenvalue weighted by Gasteiger charge is -2.28. The third-order valence-corrected chi connectivity index (χ3v) is 4.40. The highest BCUT2D eigenvalue weighted by Gasteiger charge is 2.22. The molecule has 0 bridgehead atoms. The van der Waals surface area contributed by atoms with Gasteiger partial charge in [-0.15, -0.1) is 0 Å². The van der Waals surface area contributed by atoms with Crippen LogP contribution in [-0.4, -0.2) is 32.8 Å². The summed E-state index contributed by atoms with van der Waals surface area (Å²) in [6.07, 6.45) is 2.52. The average molecular weight is 248 g/mol. The van der Waals surface area contributed by atoms with Gasteiger partial charge in [-0.2, -0.15) is 0 Å². The number of sulfonamides is 1. The highest BCUT2D eigenvalue weighted by atomic mass is 32.2. The minimum Gasteiger partial charge on any atom is -0.314 e. The van der Waals surface area contributed by atoms with E-state index in [0.717, 1.165) is 25.8 Å². The van der Waals surface area contributed by atoms with Crippen LogP contribution >= 0.6 is 0 Å². The van der Waals surface area contributed by atoms with Gasteiger partial charge in [0.05, 0.1) is 5.75 Å². The first-order valence-corrected chi connectivity index (χ1v) is 7.77. The van der Waals surface area contributed by atoms with Crippen molar-refractivity contribution in [1.29, 1.82) is 0 Å². The van der Waals surface area contributed by atoms with Crippen molar-refractivity contribution in [2.24, 2.45) is 5.92 Å². The first-order valence-electron chi connectivity index (χ1n) is 6.12. The summed E-state index contributed by atoms with van der Waals surface area (Å²) in [5, 5.41) is 3.31. The van der Waals surface area contributed by atoms with Crippen LogP contribution in [0.3, 0.4) is 0 Å². The zero-order valence-corrected chi connectivity index (χ0v) is 11.3. The smallest absolute Gasteiger partial charge is 0.211 e. The second-order valence-electron chi connectivity index (χ2n) is 5.20. The molecule has 0 aromatic rings. The van der Waals surface area contributed by atoms with E-state index in [-0.39, 0.29) is 11.8 Å². The molecule has 0 saturated carbocycles. The van der Waals surface area contributed by atoms with Crippen molar-refractivity contribution in [2.45, 2.75) is 52.1 Å². The molecule has 5 heteroatoms. The van der Waals surface area contributed by atoms with Gasteiger partial charge in [-0.25, -0.2) is 13.1 Å². The molecule has 16 heavy (non-hydrogen) atoms. The molecule has 96 valence electrons. The molecule has 1 fully saturated rings. The Balaban J connectivity index is 2.39. The highest BCUT2D eigenvalue weighted by Crippen LogP contribution is 2.10. The molecule has 0 spiro atoms. The van der Waals surface area contributed by atoms with Gasteiger partial charge in [-0.1, -0.05) is 13.8 Å². The summed E-state index contributed by atoms with van der Waals surface area (Å²) in [6.45, 7) is 7.08. The summed E-state index contributed by atoms with van der Waals surface area (Å²) in [6, 6.07) is 0.528. The number of piperidine rings is 1. The van der Waals surface area contributed by atoms with E-state index in [0.29, 0.717) is 12.0 Å². The largest absolute Gasteiger partial charge is 0.314 e. The molecule has 1 aliphatic rings. The summed E-state index contributed by atoms with van der Waals surface area (Å²) in [4.78, 5) is 0. The van der Waals surface area contributed by atoms with E-state index in [9.17, 15) is 8.42 Å². The SMILES string of the molecule is CC(C)CCS(=O)(=O)NC1CCNC(C)C1. The number of hydrogen-bond acceptors (Lipinski definition) is 3. The van der Waals surface area contributed by atoms with Crippen LogP contribution < -0.4 is 10.0 Å². The lowest BCUT2D eigenvalue weighted by molar-refractivity contribution is 0.361. The highest BCUT2D eigenvalue weighted by molar-refractivity contribution is 7.89. The minimum atomic E-state index is -3.08. The van der Waals surface area contributed by atoms with E-state index < -0.39 is 10.0 Å². The van der Waals surface area contributed by atoms with E-state index in [4.69, 9.17) is 0 Å². The fraction of sp³-hybridized carbons (Fsp3) is 1.00. The predicted molar refractivity (Wildman–Crippen MR) is 66.9 cm³/mol. The van der Waals surface area contributed by atoms with Gasteiger partial charge in [-0.3, -0.25) is 0 Å². The third-order valence-electron chi connectivity index (χ3n) is 2.93. The predicted octanol–water partition coefficient (Wildman–Crippen LogP) is 1.09. The van der Waals surface area contributed by atoms with E-state index in [1.165, 1.54) is 0 Å². The fourth-order valence-electron chi connectivity index (χ4n) is 1.94. The van der Waals surface area contributed by atoms with Gasteiger partial charge in [0.25, 0.3) is 0 Å². The number of rotatable bonds is 5. The molecule has 1 saturated heterocycles. The molecule has 0 radical (unpaired) electrons. The lowest BCUT2D eigenvalue weighted by Crippen LogP contribution is -2.47. The van der Waals surface area contributed by atoms with Crippen molar-refractivity contribution >= 4 is 10.0 Å². The molecule has 0 aromatic heterocycles. The molecule has 2 atom stereocenters. The van der Waals surface area contributed by atoms with Gasteiger partial charge in [0, 0.05) is 12.1 Å². The van der Waals surface area contributed by atoms with Crippen LogP contribution in [0.4, 0.5) is 0 Å². The maximum atomic E-state index is 11.8. The normalized spacial score (nSPS) is 27.2. The minimum absolute atomic E-state index is 0.119. The van der Waals surface area contributed by atoms with Crippen LogP contribution in [0.15, 0.2) is 0 Å². The molecule has 0 aliphatic carbocycles. The lowest BCUT2D eigenvalue weighted by atomic mass is 10.0. The van der Waals surface area contributed by atoms with Gasteiger partial charge in [0.1, 0.15) is 0 Å². The summed E-state index contributed by atoms with van der Waals surface area (Å²) in [7, 11) is -3.08. The molecule has 4 nitrogen and oxygen atoms in total. The third kappa shape index (κ3) is 5.27. The Bertz CT molecular complexity index is 301. The first kappa shape index (κ1) is 13.9. The van der Waals surface area contributed by atoms with Gasteiger partial charge < -0.3 is 5.32 Å². The zero-order chi connectivity index (χ0) is 12.2. The fourth-order valence-corrected chi connectivity index (χ4v) is 3.56. The first-order chi connectivity index (χ1) is 7.39. The van der Waals surface area contributed by atoms with Crippen LogP contribution in [0.1, 0.15) is 40.0 Å². The molecule has 2 unspecified atom stereocenters. The Morgan fingerprint density at radius 1 is 1.44 bits per heavy atom. The molecule has 0 amide bonds. The van der Waals surface area contributed by atoms with E-state index >= 15 is 0 Å². The average Bonchev–Trinajstić information content (AvgIpc) is 2.14. The standard InChI is InChI=1S/C11H24N2O2S/c1-9(2)5-7-16(14,15)13-11-4-6-12-10(3)8-11/h9-13H,4-8H2,1-3H3. The molecular weight excluding hydrogens is 224 g/mol. The van der Waals surface area contributed by atoms with Crippen LogP contribution in [0.5, 0.6) is 0 Å². The topological polar surface area (TPSA) is 58.2 Å². The van der Waals surface area contributed by atoms with Crippen molar-refractivity contribution in [3.63, 3.8) is 0 Å². The second kappa shape index (κ2) is 5.98. The Hall–Kier alpha value is -0.130. The number of hydrogen-bond donors (Lipinski definition) is 2. The maximum Gasteiger partial charge on any atom is 0.211 e. The summed E-state index contributed by atoms with van der Waals surface area (Å²) >= 11 is 0. The van der Waals surface area contributed by atoms with Gasteiger partial charge >= 0.3 is 0 Å². The molecule has 0 aromatic carbocycles. The van der Waals surface area contributed by atoms with E-state index in [1.807, 2.05) is 13.8 Å². The summed E-state index contributed by atoms with van der Waals surface area (Å²) in [5.41, 5.74) is 0. The van der Waals surface area contributed by atoms with Crippen LogP contribution in [0.2, 0.25) is 0 Å². The van der Waals surface area contributed by atoms with Crippen molar-refractivity contribution in [1.82, 2.24) is 10.0 Å². The Kier molecular flexibility index (Phi) is 5.21. The molecule has 1 rings (SSSR count). The second-order valence-corrected chi connectivity index (χ2v) is 7.07. The molecular formula is C11H24N2O2S. The number of nitrogens with one attached hydrogen (secondary N) is 2. The van der Waals surface area contributed by atoms with E-state index in [2.05, 4.69) is 17.0 Å². The Labute approximate surface area is 99.2 Å². The van der Waals surface area contributed by atoms with Crippen molar-refractivity contribution in [3.8, 4) is 0 Å². The Morgan fingerprint density at radius 3 is 2.69 bits per heavy atom. The maximum absolute atomic E-state index is 11.8. The van der Waals surface area contributed by atoms with Gasteiger partial charge in [0.2, 0.25) is 10.0 Å².